The van der Waals surface area contributed by atoms with Crippen molar-refractivity contribution in [2.75, 3.05) is 7.11 Å². The fourth-order valence-electron chi connectivity index (χ4n) is 1.46. The Kier molecular flexibility index (Phi) is 3.31. The summed E-state index contributed by atoms with van der Waals surface area (Å²) in [7, 11) is 2.68. The van der Waals surface area contributed by atoms with Gasteiger partial charge in [0.2, 0.25) is 0 Å². The second-order valence-electron chi connectivity index (χ2n) is 3.56. The van der Waals surface area contributed by atoms with E-state index in [9.17, 15) is 18.0 Å². The maximum atomic E-state index is 12.5. The molecule has 0 amide bonds. The average molecular weight is 291 g/mol. The number of methoxy groups -OCH3 is 1. The highest BCUT2D eigenvalue weighted by molar-refractivity contribution is 7.13. The lowest BCUT2D eigenvalue weighted by molar-refractivity contribution is -0.140. The first kappa shape index (κ1) is 13.5. The van der Waals surface area contributed by atoms with Crippen molar-refractivity contribution in [2.45, 2.75) is 6.18 Å². The van der Waals surface area contributed by atoms with Gasteiger partial charge in [-0.25, -0.2) is 9.78 Å². The van der Waals surface area contributed by atoms with Gasteiger partial charge in [0.15, 0.2) is 11.4 Å². The van der Waals surface area contributed by atoms with Crippen LogP contribution in [0.5, 0.6) is 0 Å². The quantitative estimate of drug-likeness (QED) is 0.797. The third-order valence-electron chi connectivity index (χ3n) is 2.34. The molecular weight excluding hydrogens is 283 g/mol. The zero-order valence-corrected chi connectivity index (χ0v) is 10.7. The number of aryl methyl sites for hydroxylation is 1. The van der Waals surface area contributed by atoms with Gasteiger partial charge in [0.1, 0.15) is 5.01 Å². The number of alkyl halides is 3. The fraction of sp³-hybridized carbons (Fsp3) is 0.300. The van der Waals surface area contributed by atoms with Crippen LogP contribution in [0.1, 0.15) is 16.2 Å². The lowest BCUT2D eigenvalue weighted by Gasteiger charge is -2.02. The number of carbonyl (C=O) groups excluding carboxylic acids is 1. The van der Waals surface area contributed by atoms with Crippen molar-refractivity contribution in [3.8, 4) is 10.6 Å². The van der Waals surface area contributed by atoms with Crippen LogP contribution in [0.25, 0.3) is 10.6 Å². The monoisotopic (exact) mass is 291 g/mol. The molecule has 0 saturated carbocycles. The summed E-state index contributed by atoms with van der Waals surface area (Å²) in [6.07, 6.45) is -3.23. The van der Waals surface area contributed by atoms with Gasteiger partial charge >= 0.3 is 12.1 Å². The molecule has 0 bridgehead atoms. The van der Waals surface area contributed by atoms with Gasteiger partial charge in [0, 0.05) is 12.4 Å². The first-order valence-electron chi connectivity index (χ1n) is 4.98. The molecule has 0 aliphatic rings. The van der Waals surface area contributed by atoms with E-state index < -0.39 is 17.8 Å². The fourth-order valence-corrected chi connectivity index (χ4v) is 2.30. The standard InChI is InChI=1S/C10H8F3N3O2S/c1-16-7(9(17)18-2)5(3-14-16)8-15-6(4-19-8)10(11,12)13/h3-4H,1-2H3. The van der Waals surface area contributed by atoms with Crippen LogP contribution in [0.2, 0.25) is 0 Å². The van der Waals surface area contributed by atoms with Crippen molar-refractivity contribution in [1.29, 1.82) is 0 Å². The Morgan fingerprint density at radius 3 is 2.68 bits per heavy atom. The van der Waals surface area contributed by atoms with Gasteiger partial charge < -0.3 is 4.74 Å². The number of hydrogen-bond donors (Lipinski definition) is 0. The van der Waals surface area contributed by atoms with E-state index >= 15 is 0 Å². The highest BCUT2D eigenvalue weighted by Crippen LogP contribution is 2.34. The predicted molar refractivity (Wildman–Crippen MR) is 60.7 cm³/mol. The van der Waals surface area contributed by atoms with Crippen molar-refractivity contribution in [3.05, 3.63) is 23.0 Å². The van der Waals surface area contributed by atoms with Gasteiger partial charge in [-0.3, -0.25) is 4.68 Å². The van der Waals surface area contributed by atoms with E-state index in [1.165, 1.54) is 25.0 Å². The molecule has 2 rings (SSSR count). The number of hydrogen-bond acceptors (Lipinski definition) is 5. The summed E-state index contributed by atoms with van der Waals surface area (Å²) in [5, 5.41) is 4.80. The summed E-state index contributed by atoms with van der Waals surface area (Å²) in [5.41, 5.74) is -0.715. The Labute approximate surface area is 109 Å². The molecular formula is C10H8F3N3O2S. The lowest BCUT2D eigenvalue weighted by atomic mass is 10.2. The number of halogens is 3. The number of rotatable bonds is 2. The summed E-state index contributed by atoms with van der Waals surface area (Å²) in [6.45, 7) is 0. The van der Waals surface area contributed by atoms with Crippen LogP contribution in [-0.4, -0.2) is 27.8 Å². The number of nitrogens with zero attached hydrogens (tertiary/aromatic N) is 3. The van der Waals surface area contributed by atoms with Crippen LogP contribution in [-0.2, 0) is 18.0 Å². The summed E-state index contributed by atoms with van der Waals surface area (Å²) < 4.78 is 43.2. The second kappa shape index (κ2) is 4.65. The zero-order chi connectivity index (χ0) is 14.2. The minimum Gasteiger partial charge on any atom is -0.464 e. The van der Waals surface area contributed by atoms with Crippen LogP contribution in [0.15, 0.2) is 11.6 Å². The van der Waals surface area contributed by atoms with E-state index in [0.29, 0.717) is 0 Å². The highest BCUT2D eigenvalue weighted by Gasteiger charge is 2.34. The molecule has 2 aromatic rings. The summed E-state index contributed by atoms with van der Waals surface area (Å²) in [6, 6.07) is 0. The SMILES string of the molecule is COC(=O)c1c(-c2nc(C(F)(F)F)cs2)cnn1C. The third-order valence-corrected chi connectivity index (χ3v) is 3.22. The van der Waals surface area contributed by atoms with Gasteiger partial charge in [-0.05, 0) is 0 Å². The summed E-state index contributed by atoms with van der Waals surface area (Å²) in [5.74, 6) is -0.682. The van der Waals surface area contributed by atoms with Crippen molar-refractivity contribution in [1.82, 2.24) is 14.8 Å². The number of ether oxygens (including phenoxy) is 1. The van der Waals surface area contributed by atoms with E-state index in [0.717, 1.165) is 16.7 Å². The molecule has 102 valence electrons. The van der Waals surface area contributed by atoms with Gasteiger partial charge in [-0.2, -0.15) is 18.3 Å². The number of esters is 1. The number of thiazole rings is 1. The molecule has 0 unspecified atom stereocenters. The lowest BCUT2D eigenvalue weighted by Crippen LogP contribution is -2.10. The number of aromatic nitrogens is 3. The van der Waals surface area contributed by atoms with Crippen LogP contribution in [0.3, 0.4) is 0 Å². The van der Waals surface area contributed by atoms with Crippen molar-refractivity contribution in [3.63, 3.8) is 0 Å². The number of carbonyl (C=O) groups is 1. The van der Waals surface area contributed by atoms with Crippen LogP contribution in [0.4, 0.5) is 13.2 Å². The molecule has 9 heteroatoms. The average Bonchev–Trinajstić information content (AvgIpc) is 2.93. The van der Waals surface area contributed by atoms with E-state index in [4.69, 9.17) is 0 Å². The molecule has 0 aromatic carbocycles. The minimum atomic E-state index is -4.51. The van der Waals surface area contributed by atoms with E-state index in [-0.39, 0.29) is 16.3 Å². The Morgan fingerprint density at radius 2 is 2.16 bits per heavy atom. The first-order chi connectivity index (χ1) is 8.84. The van der Waals surface area contributed by atoms with E-state index in [2.05, 4.69) is 14.8 Å². The Morgan fingerprint density at radius 1 is 1.47 bits per heavy atom. The molecule has 0 atom stereocenters. The minimum absolute atomic E-state index is 0.0607. The normalized spacial score (nSPS) is 11.6. The smallest absolute Gasteiger partial charge is 0.434 e. The molecule has 0 N–H and O–H groups in total. The van der Waals surface area contributed by atoms with Crippen LogP contribution < -0.4 is 0 Å². The molecule has 19 heavy (non-hydrogen) atoms. The third kappa shape index (κ3) is 2.46. The van der Waals surface area contributed by atoms with Crippen LogP contribution >= 0.6 is 11.3 Å². The van der Waals surface area contributed by atoms with Gasteiger partial charge in [0.25, 0.3) is 0 Å². The first-order valence-corrected chi connectivity index (χ1v) is 5.86. The molecule has 0 aliphatic carbocycles. The summed E-state index contributed by atoms with van der Waals surface area (Å²) in [4.78, 5) is 15.0. The van der Waals surface area contributed by atoms with Crippen LogP contribution in [0, 0.1) is 0 Å². The maximum Gasteiger partial charge on any atom is 0.434 e. The molecule has 2 aromatic heterocycles. The van der Waals surface area contributed by atoms with Gasteiger partial charge in [0.05, 0.1) is 18.9 Å². The zero-order valence-electron chi connectivity index (χ0n) is 9.85. The Bertz CT molecular complexity index is 618. The highest BCUT2D eigenvalue weighted by atomic mass is 32.1. The summed E-state index contributed by atoms with van der Waals surface area (Å²) >= 11 is 0.793. The molecule has 0 fully saturated rings. The molecule has 0 spiro atoms. The topological polar surface area (TPSA) is 57.0 Å². The Balaban J connectivity index is 2.48. The molecule has 5 nitrogen and oxygen atoms in total. The van der Waals surface area contributed by atoms with Gasteiger partial charge in [-0.15, -0.1) is 11.3 Å². The molecule has 0 saturated heterocycles. The Hall–Kier alpha value is -1.90. The molecule has 0 aliphatic heterocycles. The van der Waals surface area contributed by atoms with Crippen molar-refractivity contribution >= 4 is 17.3 Å². The van der Waals surface area contributed by atoms with Crippen molar-refractivity contribution in [2.24, 2.45) is 7.05 Å². The molecule has 2 heterocycles. The molecule has 0 radical (unpaired) electrons. The maximum absolute atomic E-state index is 12.5. The van der Waals surface area contributed by atoms with E-state index in [1.54, 1.807) is 0 Å². The van der Waals surface area contributed by atoms with E-state index in [1.807, 2.05) is 0 Å². The van der Waals surface area contributed by atoms with Gasteiger partial charge in [-0.1, -0.05) is 0 Å². The van der Waals surface area contributed by atoms with Crippen molar-refractivity contribution < 1.29 is 22.7 Å². The largest absolute Gasteiger partial charge is 0.464 e. The predicted octanol–water partition coefficient (Wildman–Crippen LogP) is 2.35. The second-order valence-corrected chi connectivity index (χ2v) is 4.42.